The highest BCUT2D eigenvalue weighted by molar-refractivity contribution is 6.92. The Hall–Kier alpha value is 0.430. The average Bonchev–Trinajstić information content (AvgIpc) is 2.80. The van der Waals surface area contributed by atoms with E-state index in [1.165, 1.54) is 64.2 Å². The zero-order valence-electron chi connectivity index (χ0n) is 13.4. The van der Waals surface area contributed by atoms with Gasteiger partial charge < -0.3 is 0 Å². The summed E-state index contributed by atoms with van der Waals surface area (Å²) in [6, 6.07) is 0. The Balaban J connectivity index is 0.00000180. The Morgan fingerprint density at radius 1 is 0.789 bits per heavy atom. The minimum Gasteiger partial charge on any atom is -0.153 e. The molecule has 2 saturated carbocycles. The zero-order valence-corrected chi connectivity index (χ0v) is 14.8. The topological polar surface area (TPSA) is 0 Å². The van der Waals surface area contributed by atoms with Gasteiger partial charge in [-0.3, -0.25) is 0 Å². The fourth-order valence-electron chi connectivity index (χ4n) is 4.72. The van der Waals surface area contributed by atoms with Crippen molar-refractivity contribution in [2.45, 2.75) is 103 Å². The smallest absolute Gasteiger partial charge is 0.0269 e. The van der Waals surface area contributed by atoms with Gasteiger partial charge in [0.15, 0.2) is 0 Å². The van der Waals surface area contributed by atoms with Gasteiger partial charge in [-0.1, -0.05) is 71.1 Å². The predicted molar refractivity (Wildman–Crippen MR) is 92.0 cm³/mol. The minimum atomic E-state index is 0. The molecular formula is C18H37P. The van der Waals surface area contributed by atoms with Gasteiger partial charge in [-0.15, -0.1) is 0 Å². The molecule has 2 aliphatic carbocycles. The van der Waals surface area contributed by atoms with E-state index in [-0.39, 0.29) is 9.90 Å². The van der Waals surface area contributed by atoms with E-state index in [0.29, 0.717) is 0 Å². The van der Waals surface area contributed by atoms with Gasteiger partial charge in [-0.25, -0.2) is 0 Å². The van der Waals surface area contributed by atoms with E-state index in [1.807, 2.05) is 0 Å². The summed E-state index contributed by atoms with van der Waals surface area (Å²) in [5.74, 6) is 1.09. The fourth-order valence-corrected chi connectivity index (χ4v) is 4.72. The Kier molecular flexibility index (Phi) is 8.63. The van der Waals surface area contributed by atoms with Crippen LogP contribution in [-0.2, 0) is 0 Å². The molecule has 0 nitrogen and oxygen atoms in total. The summed E-state index contributed by atoms with van der Waals surface area (Å²) >= 11 is 0. The first kappa shape index (κ1) is 17.5. The number of hydrogen-bond donors (Lipinski definition) is 0. The van der Waals surface area contributed by atoms with Crippen LogP contribution in [-0.4, -0.2) is 0 Å². The maximum Gasteiger partial charge on any atom is -0.0269 e. The molecule has 2 fully saturated rings. The summed E-state index contributed by atoms with van der Waals surface area (Å²) in [6.07, 6.45) is 22.8. The highest BCUT2D eigenvalue weighted by atomic mass is 31.0. The number of rotatable bonds is 4. The van der Waals surface area contributed by atoms with Gasteiger partial charge in [0, 0.05) is 0 Å². The second-order valence-electron chi connectivity index (χ2n) is 7.07. The average molecular weight is 284 g/mol. The van der Waals surface area contributed by atoms with Crippen LogP contribution in [0.1, 0.15) is 103 Å². The molecule has 0 heterocycles. The maximum absolute atomic E-state index is 2.37. The van der Waals surface area contributed by atoms with E-state index in [0.717, 1.165) is 11.3 Å². The quantitative estimate of drug-likeness (QED) is 0.406. The van der Waals surface area contributed by atoms with Crippen molar-refractivity contribution in [1.82, 2.24) is 0 Å². The van der Waals surface area contributed by atoms with Gasteiger partial charge in [0.2, 0.25) is 0 Å². The molecule has 0 aliphatic heterocycles. The molecule has 0 N–H and O–H groups in total. The van der Waals surface area contributed by atoms with Crippen molar-refractivity contribution in [2.75, 3.05) is 0 Å². The SMILES string of the molecule is CCCCC1(C2CCCCCC2)CCCCCC1.P. The van der Waals surface area contributed by atoms with E-state index in [9.17, 15) is 0 Å². The molecule has 0 saturated heterocycles. The summed E-state index contributed by atoms with van der Waals surface area (Å²) in [4.78, 5) is 0. The summed E-state index contributed by atoms with van der Waals surface area (Å²) in [7, 11) is 0. The minimum absolute atomic E-state index is 0. The molecule has 0 amide bonds. The van der Waals surface area contributed by atoms with E-state index >= 15 is 0 Å². The Labute approximate surface area is 125 Å². The molecular weight excluding hydrogens is 247 g/mol. The normalized spacial score (nSPS) is 25.1. The van der Waals surface area contributed by atoms with Gasteiger partial charge in [0.05, 0.1) is 0 Å². The third-order valence-corrected chi connectivity index (χ3v) is 5.85. The first-order chi connectivity index (χ1) is 8.87. The standard InChI is InChI=1S/C18H34.H3P/c1-2-3-14-18(15-10-6-7-11-16-18)17-12-8-4-5-9-13-17;/h17H,2-16H2,1H3;1H3. The lowest BCUT2D eigenvalue weighted by molar-refractivity contribution is 0.0987. The molecule has 2 aliphatic rings. The van der Waals surface area contributed by atoms with E-state index in [1.54, 1.807) is 32.1 Å². The van der Waals surface area contributed by atoms with Crippen LogP contribution in [0.3, 0.4) is 0 Å². The van der Waals surface area contributed by atoms with E-state index in [4.69, 9.17) is 0 Å². The second kappa shape index (κ2) is 9.38. The summed E-state index contributed by atoms with van der Waals surface area (Å²) < 4.78 is 0. The highest BCUT2D eigenvalue weighted by Gasteiger charge is 2.37. The van der Waals surface area contributed by atoms with Crippen LogP contribution in [0.5, 0.6) is 0 Å². The van der Waals surface area contributed by atoms with Gasteiger partial charge in [0.25, 0.3) is 0 Å². The van der Waals surface area contributed by atoms with Crippen molar-refractivity contribution in [3.63, 3.8) is 0 Å². The second-order valence-corrected chi connectivity index (χ2v) is 7.07. The van der Waals surface area contributed by atoms with Crippen LogP contribution in [0, 0.1) is 11.3 Å². The molecule has 2 rings (SSSR count). The third kappa shape index (κ3) is 5.04. The van der Waals surface area contributed by atoms with Crippen molar-refractivity contribution < 1.29 is 0 Å². The first-order valence-corrected chi connectivity index (χ1v) is 8.87. The van der Waals surface area contributed by atoms with E-state index in [2.05, 4.69) is 6.92 Å². The Morgan fingerprint density at radius 3 is 1.84 bits per heavy atom. The van der Waals surface area contributed by atoms with Crippen LogP contribution in [0.2, 0.25) is 0 Å². The van der Waals surface area contributed by atoms with Crippen molar-refractivity contribution >= 4 is 9.90 Å². The monoisotopic (exact) mass is 284 g/mol. The molecule has 1 unspecified atom stereocenters. The molecule has 19 heavy (non-hydrogen) atoms. The van der Waals surface area contributed by atoms with Crippen molar-refractivity contribution in [2.24, 2.45) is 11.3 Å². The molecule has 0 bridgehead atoms. The Morgan fingerprint density at radius 2 is 1.32 bits per heavy atom. The fraction of sp³-hybridized carbons (Fsp3) is 1.00. The van der Waals surface area contributed by atoms with Gasteiger partial charge >= 0.3 is 0 Å². The molecule has 0 radical (unpaired) electrons. The molecule has 1 atom stereocenters. The summed E-state index contributed by atoms with van der Waals surface area (Å²) in [6.45, 7) is 2.37. The lowest BCUT2D eigenvalue weighted by Crippen LogP contribution is -2.30. The van der Waals surface area contributed by atoms with Crippen molar-refractivity contribution in [3.05, 3.63) is 0 Å². The zero-order chi connectivity index (χ0) is 12.7. The lowest BCUT2D eigenvalue weighted by atomic mass is 9.64. The third-order valence-electron chi connectivity index (χ3n) is 5.85. The molecule has 0 aromatic carbocycles. The molecule has 1 heteroatoms. The summed E-state index contributed by atoms with van der Waals surface area (Å²) in [5, 5.41) is 0. The maximum atomic E-state index is 2.37. The highest BCUT2D eigenvalue weighted by Crippen LogP contribution is 2.50. The Bertz CT molecular complexity index is 208. The van der Waals surface area contributed by atoms with Gasteiger partial charge in [-0.2, -0.15) is 9.90 Å². The van der Waals surface area contributed by atoms with Crippen LogP contribution in [0.4, 0.5) is 0 Å². The summed E-state index contributed by atoms with van der Waals surface area (Å²) in [5.41, 5.74) is 0.775. The van der Waals surface area contributed by atoms with Crippen LogP contribution < -0.4 is 0 Å². The lowest BCUT2D eigenvalue weighted by Gasteiger charge is -2.41. The molecule has 0 aromatic heterocycles. The first-order valence-electron chi connectivity index (χ1n) is 8.87. The van der Waals surface area contributed by atoms with Crippen molar-refractivity contribution in [1.29, 1.82) is 0 Å². The molecule has 114 valence electrons. The predicted octanol–water partition coefficient (Wildman–Crippen LogP) is 6.55. The molecule has 0 aromatic rings. The van der Waals surface area contributed by atoms with Crippen molar-refractivity contribution in [3.8, 4) is 0 Å². The van der Waals surface area contributed by atoms with Crippen LogP contribution >= 0.6 is 9.90 Å². The van der Waals surface area contributed by atoms with Gasteiger partial charge in [0.1, 0.15) is 0 Å². The van der Waals surface area contributed by atoms with Crippen LogP contribution in [0.15, 0.2) is 0 Å². The van der Waals surface area contributed by atoms with Crippen LogP contribution in [0.25, 0.3) is 0 Å². The number of hydrogen-bond acceptors (Lipinski definition) is 0. The van der Waals surface area contributed by atoms with Gasteiger partial charge in [-0.05, 0) is 43.4 Å². The van der Waals surface area contributed by atoms with E-state index < -0.39 is 0 Å². The number of unbranched alkanes of at least 4 members (excludes halogenated alkanes) is 1. The molecule has 0 spiro atoms. The largest absolute Gasteiger partial charge is 0.153 e.